The second kappa shape index (κ2) is 22.5. The van der Waals surface area contributed by atoms with E-state index in [1.54, 1.807) is 6.08 Å². The molecule has 6 heteroatoms. The normalized spacial score (nSPS) is 14.4. The van der Waals surface area contributed by atoms with Crippen LogP contribution in [0.5, 0.6) is 0 Å². The molecule has 0 aliphatic rings. The van der Waals surface area contributed by atoms with Crippen molar-refractivity contribution in [2.24, 2.45) is 0 Å². The number of ether oxygens (including phenoxy) is 2. The van der Waals surface area contributed by atoms with Crippen molar-refractivity contribution in [3.63, 3.8) is 0 Å². The van der Waals surface area contributed by atoms with Crippen LogP contribution in [0.3, 0.4) is 0 Å². The molecular weight excluding hydrogens is 420 g/mol. The van der Waals surface area contributed by atoms with Crippen molar-refractivity contribution in [2.45, 2.75) is 71.0 Å². The maximum Gasteiger partial charge on any atom is 0.306 e. The van der Waals surface area contributed by atoms with E-state index in [1.165, 1.54) is 6.92 Å². The zero-order valence-electron chi connectivity index (χ0n) is 20.0. The number of hydrogen-bond acceptors (Lipinski definition) is 6. The molecule has 0 aliphatic heterocycles. The van der Waals surface area contributed by atoms with Crippen LogP contribution < -0.4 is 0 Å². The molecular formula is C27H40O6. The van der Waals surface area contributed by atoms with Crippen LogP contribution in [0.15, 0.2) is 72.9 Å². The molecule has 0 saturated heterocycles. The van der Waals surface area contributed by atoms with Crippen molar-refractivity contribution in [1.29, 1.82) is 0 Å². The van der Waals surface area contributed by atoms with Gasteiger partial charge in [0.05, 0.1) is 12.7 Å². The van der Waals surface area contributed by atoms with Gasteiger partial charge in [0.2, 0.25) is 0 Å². The van der Waals surface area contributed by atoms with Gasteiger partial charge in [0.25, 0.3) is 0 Å². The van der Waals surface area contributed by atoms with E-state index in [0.29, 0.717) is 12.8 Å². The Balaban J connectivity index is 3.78. The SMILES string of the molecule is CC/C=C\CC(O)/C=C/C=C/C/C=C\C/C=C\C/C=C\CCC(=O)OC[C@H](CO)OC(C)=O. The van der Waals surface area contributed by atoms with E-state index in [-0.39, 0.29) is 19.6 Å². The van der Waals surface area contributed by atoms with E-state index in [1.807, 2.05) is 36.5 Å². The highest BCUT2D eigenvalue weighted by atomic mass is 16.6. The summed E-state index contributed by atoms with van der Waals surface area (Å²) in [5.41, 5.74) is 0. The van der Waals surface area contributed by atoms with E-state index in [0.717, 1.165) is 25.7 Å². The van der Waals surface area contributed by atoms with Crippen LogP contribution in [0.25, 0.3) is 0 Å². The first-order chi connectivity index (χ1) is 16.0. The summed E-state index contributed by atoms with van der Waals surface area (Å²) >= 11 is 0. The average Bonchev–Trinajstić information content (AvgIpc) is 2.79. The Morgan fingerprint density at radius 2 is 1.52 bits per heavy atom. The van der Waals surface area contributed by atoms with E-state index in [4.69, 9.17) is 14.6 Å². The summed E-state index contributed by atoms with van der Waals surface area (Å²) in [7, 11) is 0. The lowest BCUT2D eigenvalue weighted by Crippen LogP contribution is -2.27. The molecule has 0 fully saturated rings. The lowest BCUT2D eigenvalue weighted by atomic mass is 10.2. The Labute approximate surface area is 198 Å². The molecule has 1 unspecified atom stereocenters. The van der Waals surface area contributed by atoms with Crippen molar-refractivity contribution in [3.8, 4) is 0 Å². The van der Waals surface area contributed by atoms with Gasteiger partial charge in [-0.1, -0.05) is 79.8 Å². The van der Waals surface area contributed by atoms with Crippen LogP contribution in [0, 0.1) is 0 Å². The summed E-state index contributed by atoms with van der Waals surface area (Å²) in [6, 6.07) is 0. The molecule has 2 N–H and O–H groups in total. The fourth-order valence-corrected chi connectivity index (χ4v) is 2.48. The number of esters is 2. The predicted octanol–water partition coefficient (Wildman–Crippen LogP) is 4.90. The highest BCUT2D eigenvalue weighted by molar-refractivity contribution is 5.69. The standard InChI is InChI=1S/C27H40O6/c1-3-4-16-19-25(30)20-17-14-12-10-8-6-5-7-9-11-13-15-18-21-27(31)32-23-26(22-28)33-24(2)29/h4,6-9,12-17,20,25-26,28,30H,3,5,10-11,18-19,21-23H2,1-2H3/b8-6-,9-7-,14-12+,15-13-,16-4-,20-17+/t25?,26-/m0/s1. The second-order valence-electron chi connectivity index (χ2n) is 7.25. The maximum atomic E-state index is 11.6. The van der Waals surface area contributed by atoms with Gasteiger partial charge in [-0.2, -0.15) is 0 Å². The quantitative estimate of drug-likeness (QED) is 0.172. The van der Waals surface area contributed by atoms with Gasteiger partial charge in [-0.05, 0) is 38.5 Å². The molecule has 0 aliphatic carbocycles. The summed E-state index contributed by atoms with van der Waals surface area (Å²) in [4.78, 5) is 22.4. The molecule has 0 aromatic heterocycles. The number of hydrogen-bond donors (Lipinski definition) is 2. The smallest absolute Gasteiger partial charge is 0.306 e. The van der Waals surface area contributed by atoms with Gasteiger partial charge in [0.15, 0.2) is 6.10 Å². The molecule has 0 rings (SSSR count). The molecule has 0 amide bonds. The molecule has 2 atom stereocenters. The fraction of sp³-hybridized carbons (Fsp3) is 0.481. The predicted molar refractivity (Wildman–Crippen MR) is 132 cm³/mol. The molecule has 0 bridgehead atoms. The lowest BCUT2D eigenvalue weighted by Gasteiger charge is -2.14. The van der Waals surface area contributed by atoms with Gasteiger partial charge in [0, 0.05) is 13.3 Å². The van der Waals surface area contributed by atoms with E-state index >= 15 is 0 Å². The Bertz CT molecular complexity index is 685. The molecule has 0 aromatic carbocycles. The molecule has 0 spiro atoms. The van der Waals surface area contributed by atoms with Crippen LogP contribution in [0.2, 0.25) is 0 Å². The van der Waals surface area contributed by atoms with E-state index < -0.39 is 24.1 Å². The second-order valence-corrected chi connectivity index (χ2v) is 7.25. The summed E-state index contributed by atoms with van der Waals surface area (Å²) in [6.45, 7) is 2.78. The molecule has 0 saturated carbocycles. The number of allylic oxidation sites excluding steroid dienone is 10. The highest BCUT2D eigenvalue weighted by Crippen LogP contribution is 2.01. The van der Waals surface area contributed by atoms with Gasteiger partial charge in [0.1, 0.15) is 6.61 Å². The number of carbonyl (C=O) groups is 2. The third kappa shape index (κ3) is 22.3. The Morgan fingerprint density at radius 3 is 2.12 bits per heavy atom. The van der Waals surface area contributed by atoms with Crippen LogP contribution in [0.1, 0.15) is 58.8 Å². The maximum absolute atomic E-state index is 11.6. The average molecular weight is 461 g/mol. The fourth-order valence-electron chi connectivity index (χ4n) is 2.48. The van der Waals surface area contributed by atoms with Crippen molar-refractivity contribution in [2.75, 3.05) is 13.2 Å². The Morgan fingerprint density at radius 1 is 0.879 bits per heavy atom. The zero-order chi connectivity index (χ0) is 24.6. The summed E-state index contributed by atoms with van der Waals surface area (Å²) in [5.74, 6) is -0.917. The molecule has 184 valence electrons. The third-order valence-corrected chi connectivity index (χ3v) is 4.16. The van der Waals surface area contributed by atoms with Crippen LogP contribution in [0.4, 0.5) is 0 Å². The Kier molecular flexibility index (Phi) is 20.7. The highest BCUT2D eigenvalue weighted by Gasteiger charge is 2.13. The van der Waals surface area contributed by atoms with Gasteiger partial charge in [-0.25, -0.2) is 0 Å². The first-order valence-corrected chi connectivity index (χ1v) is 11.5. The van der Waals surface area contributed by atoms with E-state index in [2.05, 4.69) is 37.3 Å². The molecule has 0 heterocycles. The monoisotopic (exact) mass is 460 g/mol. The molecule has 0 aromatic rings. The largest absolute Gasteiger partial charge is 0.462 e. The van der Waals surface area contributed by atoms with Gasteiger partial charge >= 0.3 is 11.9 Å². The number of rotatable bonds is 18. The lowest BCUT2D eigenvalue weighted by molar-refractivity contribution is -0.159. The number of aliphatic hydroxyl groups excluding tert-OH is 2. The summed E-state index contributed by atoms with van der Waals surface area (Å²) < 4.78 is 9.77. The summed E-state index contributed by atoms with van der Waals surface area (Å²) in [6.07, 6.45) is 27.7. The number of carbonyl (C=O) groups excluding carboxylic acids is 2. The van der Waals surface area contributed by atoms with Crippen LogP contribution >= 0.6 is 0 Å². The first kappa shape index (κ1) is 30.3. The van der Waals surface area contributed by atoms with E-state index in [9.17, 15) is 14.7 Å². The van der Waals surface area contributed by atoms with Crippen LogP contribution in [-0.2, 0) is 19.1 Å². The van der Waals surface area contributed by atoms with Gasteiger partial charge < -0.3 is 19.7 Å². The minimum Gasteiger partial charge on any atom is -0.462 e. The minimum absolute atomic E-state index is 0.137. The van der Waals surface area contributed by atoms with Gasteiger partial charge in [-0.3, -0.25) is 9.59 Å². The zero-order valence-corrected chi connectivity index (χ0v) is 20.0. The number of aliphatic hydroxyl groups is 2. The summed E-state index contributed by atoms with van der Waals surface area (Å²) in [5, 5.41) is 18.8. The van der Waals surface area contributed by atoms with Crippen molar-refractivity contribution in [1.82, 2.24) is 0 Å². The molecule has 33 heavy (non-hydrogen) atoms. The van der Waals surface area contributed by atoms with Crippen LogP contribution in [-0.4, -0.2) is 47.6 Å². The van der Waals surface area contributed by atoms with Crippen molar-refractivity contribution >= 4 is 11.9 Å². The third-order valence-electron chi connectivity index (χ3n) is 4.16. The molecule has 6 nitrogen and oxygen atoms in total. The molecule has 0 radical (unpaired) electrons. The topological polar surface area (TPSA) is 93.1 Å². The van der Waals surface area contributed by atoms with Gasteiger partial charge in [-0.15, -0.1) is 0 Å². The van der Waals surface area contributed by atoms with Crippen molar-refractivity contribution < 1.29 is 29.3 Å². The van der Waals surface area contributed by atoms with Crippen molar-refractivity contribution in [3.05, 3.63) is 72.9 Å². The Hall–Kier alpha value is -2.70. The minimum atomic E-state index is -0.814. The first-order valence-electron chi connectivity index (χ1n) is 11.5.